The van der Waals surface area contributed by atoms with Crippen molar-refractivity contribution in [1.29, 1.82) is 0 Å². The quantitative estimate of drug-likeness (QED) is 0.397. The fraction of sp³-hybridized carbons (Fsp3) is 0.143. The van der Waals surface area contributed by atoms with Gasteiger partial charge in [-0.25, -0.2) is 0 Å². The summed E-state index contributed by atoms with van der Waals surface area (Å²) in [6, 6.07) is 23.0. The van der Waals surface area contributed by atoms with Crippen LogP contribution >= 0.6 is 6.29 Å². The van der Waals surface area contributed by atoms with Crippen LogP contribution in [-0.4, -0.2) is 14.5 Å². The maximum absolute atomic E-state index is 13.6. The number of hydrogen-bond donors (Lipinski definition) is 0. The first-order valence-electron chi connectivity index (χ1n) is 8.31. The van der Waals surface area contributed by atoms with Crippen molar-refractivity contribution in [1.82, 2.24) is 0 Å². The summed E-state index contributed by atoms with van der Waals surface area (Å²) in [6.45, 7) is 6.03. The predicted molar refractivity (Wildman–Crippen MR) is 108 cm³/mol. The zero-order valence-electron chi connectivity index (χ0n) is 15.0. The van der Waals surface area contributed by atoms with E-state index in [9.17, 15) is 4.57 Å². The van der Waals surface area contributed by atoms with E-state index in [1.54, 1.807) is 0 Å². The summed E-state index contributed by atoms with van der Waals surface area (Å²) < 4.78 is 26.3. The summed E-state index contributed by atoms with van der Waals surface area (Å²) in [5, 5.41) is 0. The topological polar surface area (TPSA) is 35.5 Å². The third-order valence-corrected chi connectivity index (χ3v) is 9.26. The van der Waals surface area contributed by atoms with Gasteiger partial charge in [-0.1, -0.05) is 0 Å². The van der Waals surface area contributed by atoms with Gasteiger partial charge < -0.3 is 0 Å². The Balaban J connectivity index is 1.88. The van der Waals surface area contributed by atoms with Crippen LogP contribution in [0.5, 0.6) is 11.5 Å². The molecule has 0 N–H and O–H groups in total. The van der Waals surface area contributed by atoms with Crippen LogP contribution in [0.15, 0.2) is 72.8 Å². The molecule has 0 radical (unpaired) electrons. The van der Waals surface area contributed by atoms with Crippen molar-refractivity contribution in [2.75, 3.05) is 0 Å². The molecule has 0 aromatic heterocycles. The summed E-state index contributed by atoms with van der Waals surface area (Å²) >= 11 is -0.476. The van der Waals surface area contributed by atoms with E-state index in [1.165, 1.54) is 5.56 Å². The normalized spacial score (nSPS) is 11.2. The van der Waals surface area contributed by atoms with E-state index >= 15 is 0 Å². The molecule has 0 bridgehead atoms. The standard InChI is InChI=1S/C21H21O3PSe/c1-16-4-10-19(11-5-16)23-25(22,24-20-12-6-17(2)7-13-20)26-21-14-8-18(3)9-15-21/h4-15H,1-3H3. The van der Waals surface area contributed by atoms with Crippen molar-refractivity contribution in [2.24, 2.45) is 0 Å². The maximum atomic E-state index is 13.6. The molecule has 0 unspecified atom stereocenters. The molecule has 0 aliphatic carbocycles. The van der Waals surface area contributed by atoms with Gasteiger partial charge in [0.25, 0.3) is 0 Å². The second kappa shape index (κ2) is 8.14. The molecule has 0 atom stereocenters. The Bertz CT molecular complexity index is 781. The molecular formula is C21H21O3PSe. The average molecular weight is 431 g/mol. The Hall–Kier alpha value is -1.99. The molecule has 3 rings (SSSR count). The minimum atomic E-state index is -3.37. The molecule has 3 aromatic carbocycles. The molecule has 5 heteroatoms. The van der Waals surface area contributed by atoms with E-state index in [2.05, 4.69) is 0 Å². The third-order valence-electron chi connectivity index (χ3n) is 3.71. The van der Waals surface area contributed by atoms with Crippen molar-refractivity contribution in [2.45, 2.75) is 20.8 Å². The molecule has 0 spiro atoms. The molecule has 0 saturated carbocycles. The summed E-state index contributed by atoms with van der Waals surface area (Å²) in [7, 11) is 0. The molecule has 3 aromatic rings. The zero-order chi connectivity index (χ0) is 18.6. The fourth-order valence-electron chi connectivity index (χ4n) is 2.24. The van der Waals surface area contributed by atoms with Gasteiger partial charge in [-0.3, -0.25) is 0 Å². The Labute approximate surface area is 160 Å². The Morgan fingerprint density at radius 3 is 1.35 bits per heavy atom. The first kappa shape index (κ1) is 18.8. The second-order valence-electron chi connectivity index (χ2n) is 6.16. The van der Waals surface area contributed by atoms with Crippen LogP contribution in [0.1, 0.15) is 16.7 Å². The molecular weight excluding hydrogens is 410 g/mol. The van der Waals surface area contributed by atoms with Crippen molar-refractivity contribution in [3.05, 3.63) is 89.5 Å². The van der Waals surface area contributed by atoms with Crippen molar-refractivity contribution in [3.63, 3.8) is 0 Å². The van der Waals surface area contributed by atoms with Gasteiger partial charge in [0.1, 0.15) is 0 Å². The number of aryl methyl sites for hydroxylation is 3. The molecule has 3 nitrogen and oxygen atoms in total. The van der Waals surface area contributed by atoms with E-state index in [0.717, 1.165) is 15.6 Å². The van der Waals surface area contributed by atoms with Crippen LogP contribution in [0.3, 0.4) is 0 Å². The average Bonchev–Trinajstić information content (AvgIpc) is 2.61. The van der Waals surface area contributed by atoms with Crippen molar-refractivity contribution in [3.8, 4) is 11.5 Å². The Kier molecular flexibility index (Phi) is 5.88. The van der Waals surface area contributed by atoms with Gasteiger partial charge in [0.15, 0.2) is 0 Å². The van der Waals surface area contributed by atoms with E-state index in [0.29, 0.717) is 11.5 Å². The fourth-order valence-corrected chi connectivity index (χ4v) is 7.72. The molecule has 134 valence electrons. The van der Waals surface area contributed by atoms with Gasteiger partial charge >= 0.3 is 161 Å². The molecule has 0 fully saturated rings. The van der Waals surface area contributed by atoms with Crippen LogP contribution in [0, 0.1) is 20.8 Å². The molecule has 0 amide bonds. The van der Waals surface area contributed by atoms with Gasteiger partial charge in [0.2, 0.25) is 0 Å². The summed E-state index contributed by atoms with van der Waals surface area (Å²) in [4.78, 5) is 0. The van der Waals surface area contributed by atoms with E-state index in [1.807, 2.05) is 93.6 Å². The Morgan fingerprint density at radius 2 is 0.962 bits per heavy atom. The van der Waals surface area contributed by atoms with E-state index < -0.39 is 20.8 Å². The van der Waals surface area contributed by atoms with Crippen LogP contribution in [0.4, 0.5) is 0 Å². The first-order valence-corrected chi connectivity index (χ1v) is 12.9. The van der Waals surface area contributed by atoms with Crippen LogP contribution in [0.2, 0.25) is 0 Å². The van der Waals surface area contributed by atoms with Crippen molar-refractivity contribution < 1.29 is 13.6 Å². The van der Waals surface area contributed by atoms with Gasteiger partial charge in [-0.2, -0.15) is 0 Å². The first-order chi connectivity index (χ1) is 12.4. The van der Waals surface area contributed by atoms with Gasteiger partial charge in [-0.05, 0) is 0 Å². The van der Waals surface area contributed by atoms with E-state index in [4.69, 9.17) is 9.05 Å². The van der Waals surface area contributed by atoms with E-state index in [-0.39, 0.29) is 0 Å². The van der Waals surface area contributed by atoms with Crippen LogP contribution in [0.25, 0.3) is 0 Å². The molecule has 0 heterocycles. The zero-order valence-corrected chi connectivity index (χ0v) is 17.6. The molecule has 0 saturated heterocycles. The molecule has 0 aliphatic rings. The second-order valence-corrected chi connectivity index (χ2v) is 12.6. The number of hydrogen-bond acceptors (Lipinski definition) is 3. The predicted octanol–water partition coefficient (Wildman–Crippen LogP) is 5.21. The van der Waals surface area contributed by atoms with Crippen molar-refractivity contribution >= 4 is 25.3 Å². The summed E-state index contributed by atoms with van der Waals surface area (Å²) in [5.41, 5.74) is 3.41. The third kappa shape index (κ3) is 5.25. The van der Waals surface area contributed by atoms with Crippen LogP contribution < -0.4 is 13.5 Å². The number of rotatable bonds is 6. The number of benzene rings is 3. The molecule has 0 aliphatic heterocycles. The van der Waals surface area contributed by atoms with Crippen LogP contribution in [-0.2, 0) is 4.57 Å². The monoisotopic (exact) mass is 432 g/mol. The Morgan fingerprint density at radius 1 is 0.615 bits per heavy atom. The minimum absolute atomic E-state index is 0.476. The van der Waals surface area contributed by atoms with Gasteiger partial charge in [0.05, 0.1) is 0 Å². The summed E-state index contributed by atoms with van der Waals surface area (Å²) in [6.07, 6.45) is -3.37. The SMILES string of the molecule is Cc1ccc(OP(=O)(Oc2ccc(C)cc2)[Se]c2ccc(C)cc2)cc1. The summed E-state index contributed by atoms with van der Waals surface area (Å²) in [5.74, 6) is 1.11. The molecule has 26 heavy (non-hydrogen) atoms. The van der Waals surface area contributed by atoms with Gasteiger partial charge in [0, 0.05) is 0 Å². The van der Waals surface area contributed by atoms with Gasteiger partial charge in [-0.15, -0.1) is 0 Å².